The minimum atomic E-state index is -4.82. The van der Waals surface area contributed by atoms with Crippen LogP contribution in [0.5, 0.6) is 0 Å². The van der Waals surface area contributed by atoms with E-state index in [1.54, 1.807) is 0 Å². The Morgan fingerprint density at radius 2 is 1.61 bits per heavy atom. The lowest BCUT2D eigenvalue weighted by Gasteiger charge is -2.22. The summed E-state index contributed by atoms with van der Waals surface area (Å²) in [4.78, 5) is 13.8. The van der Waals surface area contributed by atoms with Gasteiger partial charge in [0.2, 0.25) is 5.96 Å². The molecule has 33 heavy (non-hydrogen) atoms. The maximum Gasteiger partial charge on any atom is 0.433 e. The zero-order valence-corrected chi connectivity index (χ0v) is 15.8. The summed E-state index contributed by atoms with van der Waals surface area (Å²) >= 11 is 0. The van der Waals surface area contributed by atoms with Crippen molar-refractivity contribution in [1.82, 2.24) is 15.3 Å². The number of guanidine groups is 1. The molecule has 0 bridgehead atoms. The molecule has 3 heterocycles. The van der Waals surface area contributed by atoms with Crippen molar-refractivity contribution in [3.05, 3.63) is 53.6 Å². The van der Waals surface area contributed by atoms with Gasteiger partial charge in [-0.15, -0.1) is 0 Å². The Bertz CT molecular complexity index is 1060. The van der Waals surface area contributed by atoms with Crippen molar-refractivity contribution < 1.29 is 44.3 Å². The minimum absolute atomic E-state index is 0.226. The van der Waals surface area contributed by atoms with Crippen molar-refractivity contribution in [1.29, 1.82) is 0 Å². The van der Waals surface area contributed by atoms with Crippen LogP contribution in [0, 0.1) is 0 Å². The van der Waals surface area contributed by atoms with Crippen LogP contribution in [0.25, 0.3) is 0 Å². The van der Waals surface area contributed by atoms with E-state index in [1.807, 2.05) is 0 Å². The molecule has 1 aliphatic heterocycles. The van der Waals surface area contributed by atoms with Crippen LogP contribution >= 0.6 is 0 Å². The van der Waals surface area contributed by atoms with E-state index in [1.165, 1.54) is 0 Å². The molecule has 1 unspecified atom stereocenters. The van der Waals surface area contributed by atoms with Gasteiger partial charge in [-0.25, -0.2) is 9.98 Å². The van der Waals surface area contributed by atoms with E-state index in [9.17, 15) is 39.5 Å². The number of aliphatic imine (C=N–C) groups is 2. The van der Waals surface area contributed by atoms with Crippen LogP contribution in [-0.2, 0) is 17.1 Å². The quantitative estimate of drug-likeness (QED) is 0.634. The van der Waals surface area contributed by atoms with Gasteiger partial charge < -0.3 is 15.4 Å². The van der Waals surface area contributed by atoms with Crippen molar-refractivity contribution in [2.24, 2.45) is 9.98 Å². The number of amidine groups is 1. The fraction of sp³-hybridized carbons (Fsp3) is 0.294. The molecule has 0 spiro atoms. The third kappa shape index (κ3) is 6.77. The fourth-order valence-electron chi connectivity index (χ4n) is 2.39. The summed E-state index contributed by atoms with van der Waals surface area (Å²) in [6, 6.07) is 4.41. The maximum atomic E-state index is 13.0. The van der Waals surface area contributed by atoms with Crippen LogP contribution in [0.3, 0.4) is 0 Å². The van der Waals surface area contributed by atoms with Crippen molar-refractivity contribution in [3.8, 4) is 0 Å². The van der Waals surface area contributed by atoms with Crippen LogP contribution in [0.15, 0.2) is 46.5 Å². The molecule has 0 aromatic carbocycles. The lowest BCUT2D eigenvalue weighted by molar-refractivity contribution is -0.183. The first-order valence-electron chi connectivity index (χ1n) is 8.66. The number of pyridine rings is 2. The standard InChI is InChI=1S/C17H11F9N6O/c18-15(19,20)7-33-14-31-12(9-2-1-3-10(29-9)16(21,22)23)30-13(32-14)28-8-4-5-27-11(6-8)17(24,25)26/h1-6,14H,7H2,(H2,27,28,30,31,32). The highest BCUT2D eigenvalue weighted by atomic mass is 19.4. The van der Waals surface area contributed by atoms with Crippen LogP contribution < -0.4 is 10.6 Å². The third-order valence-electron chi connectivity index (χ3n) is 3.71. The van der Waals surface area contributed by atoms with Gasteiger partial charge in [0.25, 0.3) is 6.35 Å². The molecule has 0 saturated carbocycles. The van der Waals surface area contributed by atoms with Gasteiger partial charge in [-0.05, 0) is 24.3 Å². The topological polar surface area (TPSA) is 83.8 Å². The van der Waals surface area contributed by atoms with Crippen molar-refractivity contribution in [2.45, 2.75) is 24.9 Å². The van der Waals surface area contributed by atoms with Crippen molar-refractivity contribution in [3.63, 3.8) is 0 Å². The molecule has 2 aromatic rings. The molecule has 2 aromatic heterocycles. The van der Waals surface area contributed by atoms with E-state index in [0.29, 0.717) is 12.1 Å². The summed E-state index contributed by atoms with van der Waals surface area (Å²) in [5.41, 5.74) is -3.23. The number of alkyl halides is 9. The first-order chi connectivity index (χ1) is 15.2. The van der Waals surface area contributed by atoms with Crippen LogP contribution in [0.2, 0.25) is 0 Å². The molecule has 178 valence electrons. The van der Waals surface area contributed by atoms with E-state index < -0.39 is 60.4 Å². The third-order valence-corrected chi connectivity index (χ3v) is 3.71. The van der Waals surface area contributed by atoms with Gasteiger partial charge in [-0.3, -0.25) is 4.98 Å². The molecule has 0 amide bonds. The Labute approximate surface area is 178 Å². The summed E-state index contributed by atoms with van der Waals surface area (Å²) in [6.45, 7) is -1.80. The zero-order valence-electron chi connectivity index (χ0n) is 15.8. The number of anilines is 1. The molecule has 0 aliphatic carbocycles. The number of ether oxygens (including phenoxy) is 1. The molecule has 0 radical (unpaired) electrons. The number of hydrogen-bond donors (Lipinski definition) is 2. The predicted octanol–water partition coefficient (Wildman–Crippen LogP) is 4.19. The molecule has 1 aliphatic rings. The molecule has 3 rings (SSSR count). The lowest BCUT2D eigenvalue weighted by atomic mass is 10.2. The van der Waals surface area contributed by atoms with Gasteiger partial charge in [-0.2, -0.15) is 44.5 Å². The Morgan fingerprint density at radius 3 is 2.24 bits per heavy atom. The van der Waals surface area contributed by atoms with Crippen LogP contribution in [-0.4, -0.2) is 40.9 Å². The first kappa shape index (κ1) is 24.2. The summed E-state index contributed by atoms with van der Waals surface area (Å²) in [5.74, 6) is -0.915. The number of nitrogens with zero attached hydrogens (tertiary/aromatic N) is 4. The monoisotopic (exact) mass is 486 g/mol. The summed E-state index contributed by atoms with van der Waals surface area (Å²) in [7, 11) is 0. The molecule has 16 heteroatoms. The fourth-order valence-corrected chi connectivity index (χ4v) is 2.39. The molecule has 0 fully saturated rings. The van der Waals surface area contributed by atoms with E-state index in [2.05, 4.69) is 35.3 Å². The van der Waals surface area contributed by atoms with Crippen LogP contribution in [0.1, 0.15) is 17.1 Å². The molecule has 2 N–H and O–H groups in total. The van der Waals surface area contributed by atoms with Gasteiger partial charge in [0.1, 0.15) is 23.7 Å². The second-order valence-corrected chi connectivity index (χ2v) is 6.29. The van der Waals surface area contributed by atoms with Gasteiger partial charge in [0.05, 0.1) is 0 Å². The number of halogens is 9. The highest BCUT2D eigenvalue weighted by Crippen LogP contribution is 2.29. The highest BCUT2D eigenvalue weighted by molar-refractivity contribution is 6.12. The first-order valence-corrected chi connectivity index (χ1v) is 8.66. The normalized spacial score (nSPS) is 17.2. The Morgan fingerprint density at radius 1 is 0.909 bits per heavy atom. The van der Waals surface area contributed by atoms with E-state index in [0.717, 1.165) is 24.4 Å². The van der Waals surface area contributed by atoms with Gasteiger partial charge in [-0.1, -0.05) is 6.07 Å². The number of hydrogen-bond acceptors (Lipinski definition) is 7. The highest BCUT2D eigenvalue weighted by Gasteiger charge is 2.35. The SMILES string of the molecule is FC(F)(F)COC1N=C(Nc2ccnc(C(F)(F)F)c2)NC(c2cccc(C(F)(F)F)n2)=N1. The van der Waals surface area contributed by atoms with Crippen LogP contribution in [0.4, 0.5) is 45.2 Å². The largest absolute Gasteiger partial charge is 0.433 e. The van der Waals surface area contributed by atoms with E-state index in [-0.39, 0.29) is 5.69 Å². The van der Waals surface area contributed by atoms with E-state index in [4.69, 9.17) is 0 Å². The van der Waals surface area contributed by atoms with E-state index >= 15 is 0 Å². The average molecular weight is 486 g/mol. The van der Waals surface area contributed by atoms with Crippen molar-refractivity contribution in [2.75, 3.05) is 11.9 Å². The van der Waals surface area contributed by atoms with Crippen molar-refractivity contribution >= 4 is 17.5 Å². The predicted molar refractivity (Wildman–Crippen MR) is 95.0 cm³/mol. The summed E-state index contributed by atoms with van der Waals surface area (Å²) in [6.07, 6.45) is -15.4. The Hall–Kier alpha value is -3.43. The van der Waals surface area contributed by atoms with Gasteiger partial charge in [0.15, 0.2) is 5.84 Å². The lowest BCUT2D eigenvalue weighted by Crippen LogP contribution is -2.42. The molecule has 7 nitrogen and oxygen atoms in total. The molecule has 1 atom stereocenters. The van der Waals surface area contributed by atoms with Gasteiger partial charge >= 0.3 is 18.5 Å². The maximum absolute atomic E-state index is 13.0. The average Bonchev–Trinajstić information content (AvgIpc) is 2.71. The molecular weight excluding hydrogens is 475 g/mol. The smallest absolute Gasteiger partial charge is 0.328 e. The second-order valence-electron chi connectivity index (χ2n) is 6.29. The number of rotatable bonds is 4. The molecule has 0 saturated heterocycles. The zero-order chi connectivity index (χ0) is 24.4. The summed E-state index contributed by atoms with van der Waals surface area (Å²) in [5, 5.41) is 4.75. The Balaban J connectivity index is 1.91. The number of nitrogens with one attached hydrogen (secondary N) is 2. The summed E-state index contributed by atoms with van der Waals surface area (Å²) < 4.78 is 119. The van der Waals surface area contributed by atoms with Gasteiger partial charge in [0, 0.05) is 11.9 Å². The number of aromatic nitrogens is 2. The minimum Gasteiger partial charge on any atom is -0.328 e. The Kier molecular flexibility index (Phi) is 6.49. The second kappa shape index (κ2) is 8.84. The molecular formula is C17H11F9N6O.